The number of amides is 1. The largest absolute Gasteiger partial charge is 0.339 e. The molecule has 0 fully saturated rings. The Hall–Kier alpha value is -4.23. The van der Waals surface area contributed by atoms with E-state index in [-0.39, 0.29) is 5.91 Å². The summed E-state index contributed by atoms with van der Waals surface area (Å²) in [6.07, 6.45) is 1.54. The Labute approximate surface area is 207 Å². The highest BCUT2D eigenvalue weighted by atomic mass is 32.2. The number of nitrogens with one attached hydrogen (secondary N) is 2. The molecule has 6 nitrogen and oxygen atoms in total. The highest BCUT2D eigenvalue weighted by Gasteiger charge is 2.11. The van der Waals surface area contributed by atoms with Gasteiger partial charge >= 0.3 is 0 Å². The summed E-state index contributed by atoms with van der Waals surface area (Å²) in [6.45, 7) is 3.56. The summed E-state index contributed by atoms with van der Waals surface area (Å²) < 4.78 is 0. The predicted octanol–water partition coefficient (Wildman–Crippen LogP) is 6.85. The number of hydrogen-bond acceptors (Lipinski definition) is 6. The standard InChI is InChI=1S/C28H23N5OS/c1-18-8-15-26(35-22-11-9-21(10-12-22)31-19(2)34)25(16-18)33-28-23-13-14-24(20-6-4-3-5-7-20)32-27(23)29-17-30-28/h3-17H,1-2H3,(H,31,34)(H,29,30,32,33). The van der Waals surface area contributed by atoms with E-state index in [9.17, 15) is 4.79 Å². The third-order valence-corrected chi connectivity index (χ3v) is 6.44. The molecule has 2 heterocycles. The van der Waals surface area contributed by atoms with Gasteiger partial charge < -0.3 is 10.6 Å². The van der Waals surface area contributed by atoms with Crippen LogP contribution in [0.15, 0.2) is 101 Å². The highest BCUT2D eigenvalue weighted by Crippen LogP contribution is 2.36. The molecule has 0 atom stereocenters. The monoisotopic (exact) mass is 477 g/mol. The third kappa shape index (κ3) is 5.31. The average molecular weight is 478 g/mol. The molecule has 0 aliphatic heterocycles. The lowest BCUT2D eigenvalue weighted by molar-refractivity contribution is -0.114. The van der Waals surface area contributed by atoms with Crippen LogP contribution in [0.25, 0.3) is 22.3 Å². The lowest BCUT2D eigenvalue weighted by Gasteiger charge is -2.14. The van der Waals surface area contributed by atoms with Crippen LogP contribution in [-0.2, 0) is 4.79 Å². The molecule has 2 N–H and O–H groups in total. The van der Waals surface area contributed by atoms with Crippen LogP contribution >= 0.6 is 11.8 Å². The topological polar surface area (TPSA) is 79.8 Å². The van der Waals surface area contributed by atoms with Gasteiger partial charge in [0.05, 0.1) is 16.8 Å². The molecule has 0 bridgehead atoms. The fraction of sp³-hybridized carbons (Fsp3) is 0.0714. The van der Waals surface area contributed by atoms with E-state index in [0.29, 0.717) is 11.5 Å². The second kappa shape index (κ2) is 9.95. The van der Waals surface area contributed by atoms with Crippen molar-refractivity contribution in [2.45, 2.75) is 23.6 Å². The van der Waals surface area contributed by atoms with Gasteiger partial charge in [-0.05, 0) is 61.0 Å². The van der Waals surface area contributed by atoms with Crippen LogP contribution in [-0.4, -0.2) is 20.9 Å². The first kappa shape index (κ1) is 22.6. The summed E-state index contributed by atoms with van der Waals surface area (Å²) in [7, 11) is 0. The minimum absolute atomic E-state index is 0.0853. The average Bonchev–Trinajstić information content (AvgIpc) is 2.87. The number of carbonyl (C=O) groups excluding carboxylic acids is 1. The van der Waals surface area contributed by atoms with Crippen LogP contribution in [0, 0.1) is 6.92 Å². The van der Waals surface area contributed by atoms with Crippen LogP contribution in [0.1, 0.15) is 12.5 Å². The Morgan fingerprint density at radius 2 is 1.69 bits per heavy atom. The maximum atomic E-state index is 11.3. The van der Waals surface area contributed by atoms with Gasteiger partial charge in [-0.2, -0.15) is 0 Å². The van der Waals surface area contributed by atoms with Gasteiger partial charge in [0, 0.05) is 28.0 Å². The fourth-order valence-electron chi connectivity index (χ4n) is 3.71. The van der Waals surface area contributed by atoms with E-state index in [4.69, 9.17) is 4.98 Å². The molecule has 0 saturated heterocycles. The van der Waals surface area contributed by atoms with Crippen LogP contribution in [0.3, 0.4) is 0 Å². The molecule has 0 saturated carbocycles. The van der Waals surface area contributed by atoms with Crippen molar-refractivity contribution in [3.8, 4) is 11.3 Å². The first-order chi connectivity index (χ1) is 17.0. The predicted molar refractivity (Wildman–Crippen MR) is 142 cm³/mol. The number of nitrogens with zero attached hydrogens (tertiary/aromatic N) is 3. The minimum atomic E-state index is -0.0853. The molecule has 0 aliphatic carbocycles. The van der Waals surface area contributed by atoms with Gasteiger partial charge in [0.1, 0.15) is 12.1 Å². The molecule has 35 heavy (non-hydrogen) atoms. The molecule has 0 radical (unpaired) electrons. The van der Waals surface area contributed by atoms with Crippen molar-refractivity contribution in [3.63, 3.8) is 0 Å². The maximum absolute atomic E-state index is 11.3. The van der Waals surface area contributed by atoms with E-state index in [1.165, 1.54) is 13.3 Å². The van der Waals surface area contributed by atoms with Crippen molar-refractivity contribution in [3.05, 3.63) is 96.8 Å². The first-order valence-electron chi connectivity index (χ1n) is 11.2. The summed E-state index contributed by atoms with van der Waals surface area (Å²) in [5, 5.41) is 7.15. The zero-order valence-corrected chi connectivity index (χ0v) is 20.1. The Morgan fingerprint density at radius 3 is 2.46 bits per heavy atom. The number of rotatable bonds is 6. The van der Waals surface area contributed by atoms with Gasteiger partial charge in [-0.25, -0.2) is 15.0 Å². The molecule has 5 aromatic rings. The van der Waals surface area contributed by atoms with Gasteiger partial charge in [0.2, 0.25) is 5.91 Å². The molecular formula is C28H23N5OS. The second-order valence-electron chi connectivity index (χ2n) is 8.09. The zero-order valence-electron chi connectivity index (χ0n) is 19.3. The van der Waals surface area contributed by atoms with Crippen molar-refractivity contribution in [1.82, 2.24) is 15.0 Å². The molecule has 172 valence electrons. The minimum Gasteiger partial charge on any atom is -0.339 e. The number of pyridine rings is 1. The third-order valence-electron chi connectivity index (χ3n) is 5.36. The molecule has 7 heteroatoms. The molecule has 3 aromatic carbocycles. The van der Waals surface area contributed by atoms with E-state index in [0.717, 1.165) is 43.4 Å². The van der Waals surface area contributed by atoms with Crippen molar-refractivity contribution in [2.24, 2.45) is 0 Å². The molecule has 1 amide bonds. The molecular weight excluding hydrogens is 454 g/mol. The SMILES string of the molecule is CC(=O)Nc1ccc(Sc2ccc(C)cc2Nc2ncnc3nc(-c4ccccc4)ccc23)cc1. The van der Waals surface area contributed by atoms with Gasteiger partial charge in [-0.1, -0.05) is 48.2 Å². The van der Waals surface area contributed by atoms with E-state index in [2.05, 4.69) is 45.7 Å². The van der Waals surface area contributed by atoms with Crippen LogP contribution in [0.5, 0.6) is 0 Å². The number of fused-ring (bicyclic) bond motifs is 1. The molecule has 0 spiro atoms. The van der Waals surface area contributed by atoms with Crippen molar-refractivity contribution in [1.29, 1.82) is 0 Å². The van der Waals surface area contributed by atoms with Gasteiger partial charge in [-0.15, -0.1) is 0 Å². The number of aryl methyl sites for hydroxylation is 1. The summed E-state index contributed by atoms with van der Waals surface area (Å²) in [6, 6.07) is 28.1. The normalized spacial score (nSPS) is 10.8. The van der Waals surface area contributed by atoms with Crippen LogP contribution in [0.4, 0.5) is 17.2 Å². The van der Waals surface area contributed by atoms with Crippen LogP contribution in [0.2, 0.25) is 0 Å². The van der Waals surface area contributed by atoms with E-state index in [1.54, 1.807) is 11.8 Å². The zero-order chi connectivity index (χ0) is 24.2. The lowest BCUT2D eigenvalue weighted by Crippen LogP contribution is -2.05. The number of aromatic nitrogens is 3. The summed E-state index contributed by atoms with van der Waals surface area (Å²) in [5.74, 6) is 0.619. The fourth-order valence-corrected chi connectivity index (χ4v) is 4.59. The number of hydrogen-bond donors (Lipinski definition) is 2. The highest BCUT2D eigenvalue weighted by molar-refractivity contribution is 7.99. The Balaban J connectivity index is 1.44. The van der Waals surface area contributed by atoms with E-state index >= 15 is 0 Å². The van der Waals surface area contributed by atoms with Gasteiger partial charge in [-0.3, -0.25) is 4.79 Å². The lowest BCUT2D eigenvalue weighted by atomic mass is 10.1. The number of anilines is 3. The molecule has 2 aromatic heterocycles. The summed E-state index contributed by atoms with van der Waals surface area (Å²) in [4.78, 5) is 27.1. The quantitative estimate of drug-likeness (QED) is 0.278. The van der Waals surface area contributed by atoms with E-state index < -0.39 is 0 Å². The van der Waals surface area contributed by atoms with Gasteiger partial charge in [0.25, 0.3) is 0 Å². The van der Waals surface area contributed by atoms with Crippen LogP contribution < -0.4 is 10.6 Å². The Morgan fingerprint density at radius 1 is 0.886 bits per heavy atom. The van der Waals surface area contributed by atoms with Crippen molar-refractivity contribution in [2.75, 3.05) is 10.6 Å². The number of benzene rings is 3. The van der Waals surface area contributed by atoms with Gasteiger partial charge in [0.15, 0.2) is 5.65 Å². The summed E-state index contributed by atoms with van der Waals surface area (Å²) in [5.41, 5.74) is 5.42. The number of carbonyl (C=O) groups is 1. The van der Waals surface area contributed by atoms with Crippen molar-refractivity contribution < 1.29 is 4.79 Å². The molecule has 5 rings (SSSR count). The Kier molecular flexibility index (Phi) is 6.41. The smallest absolute Gasteiger partial charge is 0.221 e. The first-order valence-corrected chi connectivity index (χ1v) is 12.0. The molecule has 0 unspecified atom stereocenters. The van der Waals surface area contributed by atoms with E-state index in [1.807, 2.05) is 66.7 Å². The second-order valence-corrected chi connectivity index (χ2v) is 9.20. The molecule has 0 aliphatic rings. The Bertz CT molecular complexity index is 1500. The summed E-state index contributed by atoms with van der Waals surface area (Å²) >= 11 is 1.64. The van der Waals surface area contributed by atoms with Crippen molar-refractivity contribution >= 4 is 45.9 Å². The maximum Gasteiger partial charge on any atom is 0.221 e.